The zero-order valence-electron chi connectivity index (χ0n) is 22.6. The van der Waals surface area contributed by atoms with Gasteiger partial charge in [0.15, 0.2) is 0 Å². The van der Waals surface area contributed by atoms with Crippen LogP contribution < -0.4 is 4.90 Å². The number of hydrogen-bond donors (Lipinski definition) is 0. The van der Waals surface area contributed by atoms with Crippen LogP contribution in [-0.2, 0) is 4.79 Å². The largest absolute Gasteiger partial charge is 0.366 e. The summed E-state index contributed by atoms with van der Waals surface area (Å²) in [5, 5.41) is 4.61. The van der Waals surface area contributed by atoms with Crippen molar-refractivity contribution in [2.24, 2.45) is 11.8 Å². The van der Waals surface area contributed by atoms with Gasteiger partial charge >= 0.3 is 0 Å². The summed E-state index contributed by atoms with van der Waals surface area (Å²) in [6.45, 7) is 12.6. The first-order valence-corrected chi connectivity index (χ1v) is 14.3. The molecule has 6 rings (SSSR count). The van der Waals surface area contributed by atoms with Crippen molar-refractivity contribution in [3.63, 3.8) is 0 Å². The highest BCUT2D eigenvalue weighted by atomic mass is 16.2. The highest BCUT2D eigenvalue weighted by molar-refractivity contribution is 5.82. The molecule has 1 aliphatic carbocycles. The molecular formula is C31H41N5O. The van der Waals surface area contributed by atoms with Crippen LogP contribution in [0.1, 0.15) is 57.9 Å². The second kappa shape index (κ2) is 10.1. The quantitative estimate of drug-likeness (QED) is 0.479. The maximum Gasteiger partial charge on any atom is 0.225 e. The maximum atomic E-state index is 12.8. The Morgan fingerprint density at radius 1 is 0.919 bits per heavy atom. The summed E-state index contributed by atoms with van der Waals surface area (Å²) in [4.78, 5) is 19.9. The lowest BCUT2D eigenvalue weighted by Gasteiger charge is -2.40. The Morgan fingerprint density at radius 2 is 1.62 bits per heavy atom. The average Bonchev–Trinajstić information content (AvgIpc) is 3.36. The van der Waals surface area contributed by atoms with E-state index >= 15 is 0 Å². The highest BCUT2D eigenvalue weighted by Gasteiger charge is 2.35. The van der Waals surface area contributed by atoms with Gasteiger partial charge in [-0.05, 0) is 87.7 Å². The molecule has 0 N–H and O–H groups in total. The number of piperidine rings is 1. The standard InChI is InChI=1S/C31H41N5O/c1-22(2)33-12-9-26(10-13-33)24-4-6-25(7-5-24)28-20-30-29(8-11-32-36(30)21-28)34-14-16-35(17-15-34)31(37)27-18-23(3)19-27/h4-8,11,20-23,26-27H,9-10,12-19H2,1-3H3/t23-,27-. The number of likely N-dealkylation sites (tertiary alicyclic amines) is 1. The normalized spacial score (nSPS) is 23.6. The number of carbonyl (C=O) groups excluding carboxylic acids is 1. The van der Waals surface area contributed by atoms with Crippen molar-refractivity contribution in [1.82, 2.24) is 19.4 Å². The molecule has 3 aliphatic rings. The summed E-state index contributed by atoms with van der Waals surface area (Å²) in [6, 6.07) is 14.3. The van der Waals surface area contributed by atoms with Crippen molar-refractivity contribution in [2.75, 3.05) is 44.2 Å². The van der Waals surface area contributed by atoms with Gasteiger partial charge in [0, 0.05) is 56.1 Å². The lowest BCUT2D eigenvalue weighted by molar-refractivity contribution is -0.140. The molecule has 196 valence electrons. The van der Waals surface area contributed by atoms with E-state index in [1.54, 1.807) is 0 Å². The SMILES string of the molecule is CC(C)N1CCC(c2ccc(-c3cc4c(N5CCN(C(=O)[C@H]6C[C@H](C)C6)CC5)ccnn4c3)cc2)CC1. The Labute approximate surface area is 221 Å². The number of hydrogen-bond acceptors (Lipinski definition) is 4. The lowest BCUT2D eigenvalue weighted by atomic mass is 9.75. The van der Waals surface area contributed by atoms with Gasteiger partial charge in [0.05, 0.1) is 11.2 Å². The van der Waals surface area contributed by atoms with Crippen molar-refractivity contribution in [3.05, 3.63) is 54.4 Å². The van der Waals surface area contributed by atoms with Gasteiger partial charge in [-0.1, -0.05) is 31.2 Å². The number of carbonyl (C=O) groups is 1. The van der Waals surface area contributed by atoms with E-state index in [0.29, 0.717) is 23.8 Å². The van der Waals surface area contributed by atoms with E-state index in [0.717, 1.165) is 44.5 Å². The van der Waals surface area contributed by atoms with Gasteiger partial charge in [-0.3, -0.25) is 4.79 Å². The first-order chi connectivity index (χ1) is 18.0. The van der Waals surface area contributed by atoms with E-state index in [4.69, 9.17) is 0 Å². The van der Waals surface area contributed by atoms with Crippen LogP contribution in [0.25, 0.3) is 16.6 Å². The van der Waals surface area contributed by atoms with Crippen molar-refractivity contribution >= 4 is 17.1 Å². The molecular weight excluding hydrogens is 458 g/mol. The van der Waals surface area contributed by atoms with Gasteiger partial charge in [0.1, 0.15) is 0 Å². The summed E-state index contributed by atoms with van der Waals surface area (Å²) >= 11 is 0. The molecule has 1 aromatic carbocycles. The summed E-state index contributed by atoms with van der Waals surface area (Å²) in [7, 11) is 0. The molecule has 2 saturated heterocycles. The Balaban J connectivity index is 1.13. The number of piperazine rings is 1. The minimum atomic E-state index is 0.265. The monoisotopic (exact) mass is 499 g/mol. The van der Waals surface area contributed by atoms with Crippen LogP contribution in [0.15, 0.2) is 48.8 Å². The first kappa shape index (κ1) is 24.5. The van der Waals surface area contributed by atoms with Crippen molar-refractivity contribution in [1.29, 1.82) is 0 Å². The molecule has 2 aromatic heterocycles. The maximum absolute atomic E-state index is 12.8. The molecule has 1 saturated carbocycles. The van der Waals surface area contributed by atoms with Crippen LogP contribution in [0.3, 0.4) is 0 Å². The van der Waals surface area contributed by atoms with Gasteiger partial charge in [0.25, 0.3) is 0 Å². The van der Waals surface area contributed by atoms with Gasteiger partial charge in [-0.15, -0.1) is 0 Å². The minimum Gasteiger partial charge on any atom is -0.366 e. The van der Waals surface area contributed by atoms with Crippen molar-refractivity contribution in [3.8, 4) is 11.1 Å². The number of amides is 1. The third-order valence-corrected chi connectivity index (χ3v) is 9.12. The molecule has 37 heavy (non-hydrogen) atoms. The second-order valence-electron chi connectivity index (χ2n) is 11.9. The first-order valence-electron chi connectivity index (χ1n) is 14.3. The second-order valence-corrected chi connectivity index (χ2v) is 11.9. The summed E-state index contributed by atoms with van der Waals surface area (Å²) in [6.07, 6.45) is 8.67. The molecule has 1 amide bonds. The molecule has 6 nitrogen and oxygen atoms in total. The van der Waals surface area contributed by atoms with Crippen LogP contribution in [0.5, 0.6) is 0 Å². The molecule has 0 unspecified atom stereocenters. The Hall–Kier alpha value is -2.86. The summed E-state index contributed by atoms with van der Waals surface area (Å²) < 4.78 is 2.01. The van der Waals surface area contributed by atoms with E-state index in [-0.39, 0.29) is 5.92 Å². The number of fused-ring (bicyclic) bond motifs is 1. The Bertz CT molecular complexity index is 1230. The number of aromatic nitrogens is 2. The van der Waals surface area contributed by atoms with Gasteiger partial charge < -0.3 is 14.7 Å². The predicted molar refractivity (Wildman–Crippen MR) is 150 cm³/mol. The van der Waals surface area contributed by atoms with E-state index in [1.807, 2.05) is 10.7 Å². The number of rotatable bonds is 5. The van der Waals surface area contributed by atoms with Gasteiger partial charge in [-0.2, -0.15) is 5.10 Å². The van der Waals surface area contributed by atoms with Gasteiger partial charge in [0.2, 0.25) is 5.91 Å². The molecule has 0 bridgehead atoms. The molecule has 6 heteroatoms. The Kier molecular flexibility index (Phi) is 6.70. The third-order valence-electron chi connectivity index (χ3n) is 9.12. The topological polar surface area (TPSA) is 44.1 Å². The third kappa shape index (κ3) is 4.88. The summed E-state index contributed by atoms with van der Waals surface area (Å²) in [5.41, 5.74) is 6.26. The zero-order chi connectivity index (χ0) is 25.5. The molecule has 0 atom stereocenters. The molecule has 0 radical (unpaired) electrons. The van der Waals surface area contributed by atoms with E-state index < -0.39 is 0 Å². The van der Waals surface area contributed by atoms with Crippen LogP contribution in [0, 0.1) is 11.8 Å². The number of nitrogens with zero attached hydrogens (tertiary/aromatic N) is 5. The van der Waals surface area contributed by atoms with E-state index in [9.17, 15) is 4.79 Å². The zero-order valence-corrected chi connectivity index (χ0v) is 22.6. The fourth-order valence-electron chi connectivity index (χ4n) is 6.65. The van der Waals surface area contributed by atoms with Crippen LogP contribution in [0.2, 0.25) is 0 Å². The molecule has 2 aliphatic heterocycles. The average molecular weight is 500 g/mol. The number of benzene rings is 1. The smallest absolute Gasteiger partial charge is 0.225 e. The van der Waals surface area contributed by atoms with Crippen LogP contribution >= 0.6 is 0 Å². The molecule has 4 heterocycles. The van der Waals surface area contributed by atoms with E-state index in [2.05, 4.69) is 83.2 Å². The highest BCUT2D eigenvalue weighted by Crippen LogP contribution is 2.35. The molecule has 3 aromatic rings. The van der Waals surface area contributed by atoms with Crippen molar-refractivity contribution < 1.29 is 4.79 Å². The summed E-state index contributed by atoms with van der Waals surface area (Å²) in [5.74, 6) is 2.02. The van der Waals surface area contributed by atoms with Crippen LogP contribution in [-0.4, -0.2) is 70.6 Å². The lowest BCUT2D eigenvalue weighted by Crippen LogP contribution is -2.52. The molecule has 3 fully saturated rings. The predicted octanol–water partition coefficient (Wildman–Crippen LogP) is 5.28. The van der Waals surface area contributed by atoms with Crippen molar-refractivity contribution in [2.45, 2.75) is 58.4 Å². The minimum absolute atomic E-state index is 0.265. The van der Waals surface area contributed by atoms with E-state index in [1.165, 1.54) is 48.3 Å². The fraction of sp³-hybridized carbons (Fsp3) is 0.548. The Morgan fingerprint density at radius 3 is 2.27 bits per heavy atom. The number of anilines is 1. The van der Waals surface area contributed by atoms with Crippen LogP contribution in [0.4, 0.5) is 5.69 Å². The molecule has 0 spiro atoms. The fourth-order valence-corrected chi connectivity index (χ4v) is 6.65. The van der Waals surface area contributed by atoms with Gasteiger partial charge in [-0.25, -0.2) is 4.52 Å².